The molecule has 2 aliphatic heterocycles. The van der Waals surface area contributed by atoms with Gasteiger partial charge in [-0.05, 0) is 38.4 Å². The fourth-order valence-corrected chi connectivity index (χ4v) is 4.30. The van der Waals surface area contributed by atoms with Crippen molar-refractivity contribution in [1.29, 1.82) is 0 Å². The van der Waals surface area contributed by atoms with E-state index < -0.39 is 0 Å². The van der Waals surface area contributed by atoms with E-state index >= 15 is 0 Å². The standard InChI is InChI=1S/C23H37N5O2.HI/c1-3-24-23(25-17-20-11-8-12-27(20)4-2)26-18-21(19-9-6-5-7-10-19)22(29)28-13-15-30-16-14-28;/h5-7,9-10,20-21H,3-4,8,11-18H2,1-2H3,(H2,24,25,26);1H. The van der Waals surface area contributed by atoms with Crippen LogP contribution in [-0.4, -0.2) is 86.7 Å². The summed E-state index contributed by atoms with van der Waals surface area (Å²) in [7, 11) is 0. The number of morpholine rings is 1. The minimum Gasteiger partial charge on any atom is -0.378 e. The van der Waals surface area contributed by atoms with Crippen molar-refractivity contribution in [2.45, 2.75) is 38.6 Å². The first-order valence-electron chi connectivity index (χ1n) is 11.4. The fraction of sp³-hybridized carbons (Fsp3) is 0.652. The van der Waals surface area contributed by atoms with Gasteiger partial charge < -0.3 is 20.3 Å². The molecule has 2 unspecified atom stereocenters. The Kier molecular flexibility index (Phi) is 11.6. The summed E-state index contributed by atoms with van der Waals surface area (Å²) in [6.07, 6.45) is 2.49. The molecule has 0 saturated carbocycles. The molecule has 2 fully saturated rings. The Labute approximate surface area is 204 Å². The molecule has 3 rings (SSSR count). The molecule has 1 amide bonds. The van der Waals surface area contributed by atoms with Crippen molar-refractivity contribution < 1.29 is 9.53 Å². The number of aliphatic imine (C=N–C) groups is 1. The van der Waals surface area contributed by atoms with Crippen molar-refractivity contribution in [2.75, 3.05) is 59.0 Å². The van der Waals surface area contributed by atoms with Crippen LogP contribution in [0.25, 0.3) is 0 Å². The molecule has 0 aliphatic carbocycles. The summed E-state index contributed by atoms with van der Waals surface area (Å²) in [5, 5.41) is 6.84. The quantitative estimate of drug-likeness (QED) is 0.299. The molecule has 0 radical (unpaired) electrons. The number of amides is 1. The number of hydrogen-bond acceptors (Lipinski definition) is 4. The van der Waals surface area contributed by atoms with Gasteiger partial charge in [0, 0.05) is 32.2 Å². The van der Waals surface area contributed by atoms with E-state index in [0.29, 0.717) is 38.9 Å². The lowest BCUT2D eigenvalue weighted by molar-refractivity contribution is -0.136. The van der Waals surface area contributed by atoms with Gasteiger partial charge in [-0.2, -0.15) is 0 Å². The van der Waals surface area contributed by atoms with Gasteiger partial charge in [-0.25, -0.2) is 0 Å². The summed E-state index contributed by atoms with van der Waals surface area (Å²) in [4.78, 5) is 22.5. The average Bonchev–Trinajstić information content (AvgIpc) is 3.26. The highest BCUT2D eigenvalue weighted by Gasteiger charge is 2.27. The van der Waals surface area contributed by atoms with Gasteiger partial charge in [0.1, 0.15) is 0 Å². The number of halogens is 1. The molecule has 0 bridgehead atoms. The number of likely N-dealkylation sites (tertiary alicyclic amines) is 1. The molecule has 1 aromatic carbocycles. The van der Waals surface area contributed by atoms with Gasteiger partial charge in [0.25, 0.3) is 0 Å². The Morgan fingerprint density at radius 3 is 2.58 bits per heavy atom. The van der Waals surface area contributed by atoms with Gasteiger partial charge >= 0.3 is 0 Å². The highest BCUT2D eigenvalue weighted by Crippen LogP contribution is 2.20. The summed E-state index contributed by atoms with van der Waals surface area (Å²) in [5.74, 6) is 0.645. The van der Waals surface area contributed by atoms with Gasteiger partial charge in [0.05, 0.1) is 25.7 Å². The zero-order valence-corrected chi connectivity index (χ0v) is 21.2. The summed E-state index contributed by atoms with van der Waals surface area (Å²) < 4.78 is 5.42. The Morgan fingerprint density at radius 1 is 1.16 bits per heavy atom. The monoisotopic (exact) mass is 543 g/mol. The lowest BCUT2D eigenvalue weighted by Crippen LogP contribution is -2.46. The number of nitrogens with one attached hydrogen (secondary N) is 2. The molecule has 7 nitrogen and oxygen atoms in total. The minimum atomic E-state index is -0.279. The van der Waals surface area contributed by atoms with Crippen LogP contribution in [0.5, 0.6) is 0 Å². The zero-order valence-electron chi connectivity index (χ0n) is 18.9. The molecule has 0 aromatic heterocycles. The number of guanidine groups is 1. The maximum Gasteiger partial charge on any atom is 0.232 e. The topological polar surface area (TPSA) is 69.2 Å². The molecular weight excluding hydrogens is 505 g/mol. The normalized spacial score (nSPS) is 20.8. The SMILES string of the molecule is CCNC(=NCC(C(=O)N1CCOCC1)c1ccccc1)NCC1CCCN1CC.I. The van der Waals surface area contributed by atoms with E-state index in [4.69, 9.17) is 9.73 Å². The number of carbonyl (C=O) groups excluding carboxylic acids is 1. The minimum absolute atomic E-state index is 0. The molecule has 2 atom stereocenters. The molecule has 2 aliphatic rings. The molecule has 174 valence electrons. The first-order chi connectivity index (χ1) is 14.7. The third-order valence-electron chi connectivity index (χ3n) is 6.01. The second-order valence-electron chi connectivity index (χ2n) is 7.93. The summed E-state index contributed by atoms with van der Waals surface area (Å²) >= 11 is 0. The van der Waals surface area contributed by atoms with Crippen LogP contribution in [0.3, 0.4) is 0 Å². The van der Waals surface area contributed by atoms with E-state index in [1.165, 1.54) is 19.4 Å². The van der Waals surface area contributed by atoms with Crippen LogP contribution in [0.1, 0.15) is 38.2 Å². The van der Waals surface area contributed by atoms with E-state index in [0.717, 1.165) is 31.2 Å². The molecule has 0 spiro atoms. The van der Waals surface area contributed by atoms with Crippen molar-refractivity contribution >= 4 is 35.8 Å². The summed E-state index contributed by atoms with van der Waals surface area (Å²) in [6.45, 7) is 11.2. The van der Waals surface area contributed by atoms with Gasteiger partial charge in [0.15, 0.2) is 5.96 Å². The molecule has 2 N–H and O–H groups in total. The second-order valence-corrected chi connectivity index (χ2v) is 7.93. The maximum absolute atomic E-state index is 13.3. The van der Waals surface area contributed by atoms with Crippen LogP contribution < -0.4 is 10.6 Å². The number of benzene rings is 1. The number of nitrogens with zero attached hydrogens (tertiary/aromatic N) is 3. The third kappa shape index (κ3) is 7.61. The molecule has 1 aromatic rings. The molecule has 2 heterocycles. The predicted octanol–water partition coefficient (Wildman–Crippen LogP) is 2.29. The Balaban J connectivity index is 0.00000341. The van der Waals surface area contributed by atoms with E-state index in [1.54, 1.807) is 0 Å². The second kappa shape index (κ2) is 13.9. The van der Waals surface area contributed by atoms with E-state index in [9.17, 15) is 4.79 Å². The van der Waals surface area contributed by atoms with Crippen LogP contribution in [0, 0.1) is 0 Å². The largest absolute Gasteiger partial charge is 0.378 e. The van der Waals surface area contributed by atoms with Crippen LogP contribution in [0.15, 0.2) is 35.3 Å². The molecule has 8 heteroatoms. The van der Waals surface area contributed by atoms with Crippen LogP contribution >= 0.6 is 24.0 Å². The first kappa shape index (κ1) is 25.9. The Morgan fingerprint density at radius 2 is 1.90 bits per heavy atom. The van der Waals surface area contributed by atoms with Gasteiger partial charge in [-0.1, -0.05) is 37.3 Å². The lowest BCUT2D eigenvalue weighted by atomic mass is 9.97. The highest BCUT2D eigenvalue weighted by molar-refractivity contribution is 14.0. The maximum atomic E-state index is 13.3. The van der Waals surface area contributed by atoms with Crippen molar-refractivity contribution in [3.05, 3.63) is 35.9 Å². The zero-order chi connectivity index (χ0) is 21.2. The van der Waals surface area contributed by atoms with Gasteiger partial charge in [-0.3, -0.25) is 14.7 Å². The van der Waals surface area contributed by atoms with Crippen LogP contribution in [0.2, 0.25) is 0 Å². The van der Waals surface area contributed by atoms with Gasteiger partial charge in [-0.15, -0.1) is 24.0 Å². The van der Waals surface area contributed by atoms with Crippen LogP contribution in [0.4, 0.5) is 0 Å². The van der Waals surface area contributed by atoms with Crippen molar-refractivity contribution in [2.24, 2.45) is 4.99 Å². The Bertz CT molecular complexity index is 682. The van der Waals surface area contributed by atoms with Gasteiger partial charge in [0.2, 0.25) is 5.91 Å². The molecule has 31 heavy (non-hydrogen) atoms. The number of carbonyl (C=O) groups is 1. The number of likely N-dealkylation sites (N-methyl/N-ethyl adjacent to an activating group) is 1. The summed E-state index contributed by atoms with van der Waals surface area (Å²) in [6, 6.07) is 10.6. The predicted molar refractivity (Wildman–Crippen MR) is 136 cm³/mol. The fourth-order valence-electron chi connectivity index (χ4n) is 4.30. The van der Waals surface area contributed by atoms with E-state index in [-0.39, 0.29) is 35.8 Å². The molecule has 2 saturated heterocycles. The van der Waals surface area contributed by atoms with Crippen molar-refractivity contribution in [1.82, 2.24) is 20.4 Å². The smallest absolute Gasteiger partial charge is 0.232 e. The van der Waals surface area contributed by atoms with E-state index in [2.05, 4.69) is 29.4 Å². The summed E-state index contributed by atoms with van der Waals surface area (Å²) in [5.41, 5.74) is 1.02. The Hall–Kier alpha value is -1.39. The molecular formula is C23H38IN5O2. The van der Waals surface area contributed by atoms with Crippen molar-refractivity contribution in [3.63, 3.8) is 0 Å². The lowest BCUT2D eigenvalue weighted by Gasteiger charge is -2.30. The third-order valence-corrected chi connectivity index (χ3v) is 6.01. The number of rotatable bonds is 8. The average molecular weight is 543 g/mol. The first-order valence-corrected chi connectivity index (χ1v) is 11.4. The van der Waals surface area contributed by atoms with E-state index in [1.807, 2.05) is 35.2 Å². The van der Waals surface area contributed by atoms with Crippen molar-refractivity contribution in [3.8, 4) is 0 Å². The number of hydrogen-bond donors (Lipinski definition) is 2. The number of ether oxygens (including phenoxy) is 1. The highest BCUT2D eigenvalue weighted by atomic mass is 127. The van der Waals surface area contributed by atoms with Crippen LogP contribution in [-0.2, 0) is 9.53 Å².